The van der Waals surface area contributed by atoms with Crippen LogP contribution in [-0.2, 0) is 0 Å². The molecule has 1 aromatic heterocycles. The number of nitrogens with one attached hydrogen (secondary N) is 1. The highest BCUT2D eigenvalue weighted by atomic mass is 19.2. The molecule has 0 amide bonds. The van der Waals surface area contributed by atoms with Crippen molar-refractivity contribution in [3.05, 3.63) is 65.0 Å². The predicted octanol–water partition coefficient (Wildman–Crippen LogP) is 3.76. The normalized spacial score (nSPS) is 12.4. The van der Waals surface area contributed by atoms with Crippen molar-refractivity contribution in [1.82, 2.24) is 10.3 Å². The fourth-order valence-corrected chi connectivity index (χ4v) is 2.13. The molecular formula is C16H18F2N2. The van der Waals surface area contributed by atoms with Crippen molar-refractivity contribution in [1.29, 1.82) is 0 Å². The Morgan fingerprint density at radius 2 is 1.90 bits per heavy atom. The third kappa shape index (κ3) is 3.20. The van der Waals surface area contributed by atoms with Crippen LogP contribution in [0.15, 0.2) is 36.4 Å². The molecule has 0 aliphatic carbocycles. The van der Waals surface area contributed by atoms with Gasteiger partial charge in [0, 0.05) is 11.3 Å². The molecule has 0 saturated heterocycles. The molecule has 1 heterocycles. The van der Waals surface area contributed by atoms with Gasteiger partial charge in [0.15, 0.2) is 11.6 Å². The standard InChI is InChI=1S/C16H18F2N2/c1-3-10-19-16(14-9-4-6-11(2)20-14)12-7-5-8-13(17)15(12)18/h4-9,16,19H,3,10H2,1-2H3. The van der Waals surface area contributed by atoms with Crippen LogP contribution >= 0.6 is 0 Å². The molecule has 4 heteroatoms. The predicted molar refractivity (Wildman–Crippen MR) is 75.5 cm³/mol. The summed E-state index contributed by atoms with van der Waals surface area (Å²) in [5.41, 5.74) is 1.84. The Morgan fingerprint density at radius 3 is 2.60 bits per heavy atom. The number of rotatable bonds is 5. The van der Waals surface area contributed by atoms with Crippen molar-refractivity contribution >= 4 is 0 Å². The summed E-state index contributed by atoms with van der Waals surface area (Å²) in [5, 5.41) is 3.23. The van der Waals surface area contributed by atoms with Crippen LogP contribution in [0, 0.1) is 18.6 Å². The molecule has 0 aliphatic heterocycles. The molecule has 1 aromatic carbocycles. The van der Waals surface area contributed by atoms with Gasteiger partial charge in [0.25, 0.3) is 0 Å². The van der Waals surface area contributed by atoms with Crippen LogP contribution < -0.4 is 5.32 Å². The zero-order chi connectivity index (χ0) is 14.5. The third-order valence-electron chi connectivity index (χ3n) is 3.10. The molecule has 0 radical (unpaired) electrons. The van der Waals surface area contributed by atoms with Gasteiger partial charge in [-0.05, 0) is 38.1 Å². The van der Waals surface area contributed by atoms with E-state index in [4.69, 9.17) is 0 Å². The molecule has 2 aromatic rings. The quantitative estimate of drug-likeness (QED) is 0.899. The van der Waals surface area contributed by atoms with E-state index in [0.717, 1.165) is 18.2 Å². The Balaban J connectivity index is 2.44. The molecule has 106 valence electrons. The van der Waals surface area contributed by atoms with Crippen molar-refractivity contribution in [2.45, 2.75) is 26.3 Å². The van der Waals surface area contributed by atoms with Gasteiger partial charge in [0.2, 0.25) is 0 Å². The monoisotopic (exact) mass is 276 g/mol. The van der Waals surface area contributed by atoms with Crippen LogP contribution in [0.4, 0.5) is 8.78 Å². The van der Waals surface area contributed by atoms with Gasteiger partial charge in [-0.15, -0.1) is 0 Å². The SMILES string of the molecule is CCCNC(c1cccc(C)n1)c1cccc(F)c1F. The lowest BCUT2D eigenvalue weighted by atomic mass is 10.0. The zero-order valence-corrected chi connectivity index (χ0v) is 11.7. The Morgan fingerprint density at radius 1 is 1.15 bits per heavy atom. The molecule has 0 saturated carbocycles. The van der Waals surface area contributed by atoms with Crippen LogP contribution in [0.5, 0.6) is 0 Å². The minimum Gasteiger partial charge on any atom is -0.305 e. The van der Waals surface area contributed by atoms with E-state index in [0.29, 0.717) is 12.2 Å². The maximum atomic E-state index is 14.0. The molecule has 1 N–H and O–H groups in total. The molecular weight excluding hydrogens is 258 g/mol. The first-order valence-corrected chi connectivity index (χ1v) is 6.74. The summed E-state index contributed by atoms with van der Waals surface area (Å²) in [6.45, 7) is 4.61. The Hall–Kier alpha value is -1.81. The summed E-state index contributed by atoms with van der Waals surface area (Å²) >= 11 is 0. The number of pyridine rings is 1. The summed E-state index contributed by atoms with van der Waals surface area (Å²) in [6.07, 6.45) is 0.902. The molecule has 1 atom stereocenters. The fraction of sp³-hybridized carbons (Fsp3) is 0.312. The third-order valence-corrected chi connectivity index (χ3v) is 3.10. The topological polar surface area (TPSA) is 24.9 Å². The number of hydrogen-bond donors (Lipinski definition) is 1. The van der Waals surface area contributed by atoms with Crippen molar-refractivity contribution in [2.75, 3.05) is 6.54 Å². The Bertz CT molecular complexity index is 584. The highest BCUT2D eigenvalue weighted by Gasteiger charge is 2.20. The first-order chi connectivity index (χ1) is 9.63. The Kier molecular flexibility index (Phi) is 4.79. The maximum Gasteiger partial charge on any atom is 0.163 e. The first-order valence-electron chi connectivity index (χ1n) is 6.74. The van der Waals surface area contributed by atoms with E-state index < -0.39 is 17.7 Å². The molecule has 20 heavy (non-hydrogen) atoms. The molecule has 1 unspecified atom stereocenters. The summed E-state index contributed by atoms with van der Waals surface area (Å²) in [7, 11) is 0. The highest BCUT2D eigenvalue weighted by molar-refractivity contribution is 5.30. The smallest absolute Gasteiger partial charge is 0.163 e. The number of aromatic nitrogens is 1. The van der Waals surface area contributed by atoms with E-state index in [-0.39, 0.29) is 5.56 Å². The second-order valence-corrected chi connectivity index (χ2v) is 4.73. The zero-order valence-electron chi connectivity index (χ0n) is 11.7. The molecule has 2 rings (SSSR count). The largest absolute Gasteiger partial charge is 0.305 e. The number of aryl methyl sites for hydroxylation is 1. The summed E-state index contributed by atoms with van der Waals surface area (Å²) in [5.74, 6) is -1.65. The van der Waals surface area contributed by atoms with Crippen LogP contribution in [0.1, 0.15) is 36.3 Å². The van der Waals surface area contributed by atoms with Crippen molar-refractivity contribution in [2.24, 2.45) is 0 Å². The van der Waals surface area contributed by atoms with Gasteiger partial charge in [-0.25, -0.2) is 8.78 Å². The van der Waals surface area contributed by atoms with Gasteiger partial charge in [0.05, 0.1) is 11.7 Å². The van der Waals surface area contributed by atoms with Crippen LogP contribution in [0.2, 0.25) is 0 Å². The molecule has 0 spiro atoms. The van der Waals surface area contributed by atoms with Gasteiger partial charge in [-0.1, -0.05) is 25.1 Å². The summed E-state index contributed by atoms with van der Waals surface area (Å²) in [4.78, 5) is 4.42. The van der Waals surface area contributed by atoms with E-state index in [1.54, 1.807) is 6.07 Å². The second-order valence-electron chi connectivity index (χ2n) is 4.73. The van der Waals surface area contributed by atoms with Gasteiger partial charge in [0.1, 0.15) is 0 Å². The number of benzene rings is 1. The van der Waals surface area contributed by atoms with E-state index >= 15 is 0 Å². The highest BCUT2D eigenvalue weighted by Crippen LogP contribution is 2.24. The summed E-state index contributed by atoms with van der Waals surface area (Å²) in [6, 6.07) is 9.37. The van der Waals surface area contributed by atoms with Crippen molar-refractivity contribution in [3.63, 3.8) is 0 Å². The average Bonchev–Trinajstić information content (AvgIpc) is 2.44. The lowest BCUT2D eigenvalue weighted by Crippen LogP contribution is -2.25. The average molecular weight is 276 g/mol. The van der Waals surface area contributed by atoms with E-state index in [1.807, 2.05) is 32.0 Å². The van der Waals surface area contributed by atoms with Gasteiger partial charge in [-0.3, -0.25) is 4.98 Å². The second kappa shape index (κ2) is 6.57. The number of nitrogens with zero attached hydrogens (tertiary/aromatic N) is 1. The van der Waals surface area contributed by atoms with Crippen LogP contribution in [-0.4, -0.2) is 11.5 Å². The first kappa shape index (κ1) is 14.6. The van der Waals surface area contributed by atoms with Gasteiger partial charge < -0.3 is 5.32 Å². The minimum atomic E-state index is -0.835. The van der Waals surface area contributed by atoms with Crippen molar-refractivity contribution in [3.8, 4) is 0 Å². The van der Waals surface area contributed by atoms with Crippen molar-refractivity contribution < 1.29 is 8.78 Å². The van der Waals surface area contributed by atoms with Gasteiger partial charge in [-0.2, -0.15) is 0 Å². The van der Waals surface area contributed by atoms with Crippen LogP contribution in [0.25, 0.3) is 0 Å². The molecule has 0 fully saturated rings. The molecule has 0 bridgehead atoms. The molecule has 2 nitrogen and oxygen atoms in total. The van der Waals surface area contributed by atoms with Crippen LogP contribution in [0.3, 0.4) is 0 Å². The van der Waals surface area contributed by atoms with E-state index in [2.05, 4.69) is 10.3 Å². The van der Waals surface area contributed by atoms with Gasteiger partial charge >= 0.3 is 0 Å². The lowest BCUT2D eigenvalue weighted by molar-refractivity contribution is 0.478. The molecule has 0 aliphatic rings. The summed E-state index contributed by atoms with van der Waals surface area (Å²) < 4.78 is 27.5. The number of hydrogen-bond acceptors (Lipinski definition) is 2. The number of halogens is 2. The fourth-order valence-electron chi connectivity index (χ4n) is 2.13. The maximum absolute atomic E-state index is 14.0. The minimum absolute atomic E-state index is 0.288. The lowest BCUT2D eigenvalue weighted by Gasteiger charge is -2.19. The Labute approximate surface area is 117 Å². The van der Waals surface area contributed by atoms with E-state index in [9.17, 15) is 8.78 Å². The van der Waals surface area contributed by atoms with E-state index in [1.165, 1.54) is 6.07 Å².